The standard InChI is InChI=1S/C32H40F2N6O5S2/c1-20(2)47(43,44)40(5)30-12-23(11-29(38-30)39(4)17-31-36-21(3)19-46-31)32(42)37-27(18-45-26-14-24(33)13-25(34)15-26)28(41)16-35-10-6-7-22-8-9-22/h11-15,19-20,22,27-28,35,41H,8-10,16-18H2,1-5H3,(H,37,42). The Labute approximate surface area is 278 Å². The van der Waals surface area contributed by atoms with Crippen LogP contribution in [0.1, 0.15) is 47.7 Å². The number of rotatable bonds is 15. The smallest absolute Gasteiger partial charge is 0.251 e. The van der Waals surface area contributed by atoms with Crippen molar-refractivity contribution >= 4 is 38.9 Å². The molecule has 2 aromatic heterocycles. The number of pyridine rings is 1. The monoisotopic (exact) mass is 690 g/mol. The summed E-state index contributed by atoms with van der Waals surface area (Å²) in [6, 6.07) is 4.49. The van der Waals surface area contributed by atoms with Crippen LogP contribution in [-0.2, 0) is 16.6 Å². The molecule has 0 radical (unpaired) electrons. The van der Waals surface area contributed by atoms with E-state index >= 15 is 0 Å². The molecule has 0 spiro atoms. The number of amides is 1. The largest absolute Gasteiger partial charge is 0.491 e. The van der Waals surface area contributed by atoms with Crippen molar-refractivity contribution in [2.45, 2.75) is 57.6 Å². The first kappa shape index (κ1) is 36.0. The molecular formula is C32H40F2N6O5S2. The minimum Gasteiger partial charge on any atom is -0.491 e. The summed E-state index contributed by atoms with van der Waals surface area (Å²) < 4.78 is 60.3. The number of sulfonamides is 1. The van der Waals surface area contributed by atoms with E-state index in [4.69, 9.17) is 4.74 Å². The second-order valence-corrected chi connectivity index (χ2v) is 15.1. The van der Waals surface area contributed by atoms with Gasteiger partial charge < -0.3 is 25.4 Å². The number of benzene rings is 1. The van der Waals surface area contributed by atoms with Crippen molar-refractivity contribution in [1.82, 2.24) is 20.6 Å². The normalized spacial score (nSPS) is 14.2. The molecule has 254 valence electrons. The number of aliphatic hydroxyl groups excluding tert-OH is 1. The van der Waals surface area contributed by atoms with Crippen LogP contribution in [0, 0.1) is 36.3 Å². The number of anilines is 2. The van der Waals surface area contributed by atoms with Crippen LogP contribution in [0.2, 0.25) is 0 Å². The number of hydrogen-bond donors (Lipinski definition) is 3. The third-order valence-electron chi connectivity index (χ3n) is 7.29. The molecule has 0 saturated heterocycles. The minimum atomic E-state index is -3.80. The number of carbonyl (C=O) groups excluding carboxylic acids is 1. The maximum Gasteiger partial charge on any atom is 0.251 e. The van der Waals surface area contributed by atoms with E-state index in [1.165, 1.54) is 30.5 Å². The molecule has 47 heavy (non-hydrogen) atoms. The molecule has 0 aliphatic heterocycles. The van der Waals surface area contributed by atoms with Gasteiger partial charge in [-0.3, -0.25) is 9.10 Å². The van der Waals surface area contributed by atoms with Crippen LogP contribution in [0.5, 0.6) is 5.75 Å². The number of aromatic nitrogens is 2. The van der Waals surface area contributed by atoms with Crippen LogP contribution in [0.15, 0.2) is 35.7 Å². The Bertz CT molecular complexity index is 1700. The van der Waals surface area contributed by atoms with Crippen molar-refractivity contribution in [2.75, 3.05) is 43.0 Å². The first-order valence-corrected chi connectivity index (χ1v) is 17.5. The Kier molecular flexibility index (Phi) is 12.1. The van der Waals surface area contributed by atoms with Gasteiger partial charge in [-0.2, -0.15) is 0 Å². The van der Waals surface area contributed by atoms with Gasteiger partial charge in [0.1, 0.15) is 40.6 Å². The predicted molar refractivity (Wildman–Crippen MR) is 178 cm³/mol. The van der Waals surface area contributed by atoms with Crippen molar-refractivity contribution in [3.8, 4) is 17.6 Å². The zero-order valence-electron chi connectivity index (χ0n) is 27.0. The van der Waals surface area contributed by atoms with Gasteiger partial charge in [-0.05, 0) is 45.7 Å². The molecule has 0 bridgehead atoms. The van der Waals surface area contributed by atoms with Crippen molar-refractivity contribution in [3.05, 3.63) is 63.6 Å². The van der Waals surface area contributed by atoms with Crippen LogP contribution in [0.4, 0.5) is 20.4 Å². The zero-order valence-corrected chi connectivity index (χ0v) is 28.6. The van der Waals surface area contributed by atoms with Gasteiger partial charge >= 0.3 is 0 Å². The van der Waals surface area contributed by atoms with E-state index in [1.807, 2.05) is 12.3 Å². The van der Waals surface area contributed by atoms with E-state index < -0.39 is 45.0 Å². The number of thiazole rings is 1. The third-order valence-corrected chi connectivity index (χ3v) is 10.4. The highest BCUT2D eigenvalue weighted by atomic mass is 32.2. The second-order valence-electron chi connectivity index (χ2n) is 11.7. The van der Waals surface area contributed by atoms with Gasteiger partial charge in [0, 0.05) is 61.4 Å². The summed E-state index contributed by atoms with van der Waals surface area (Å²) in [5.41, 5.74) is 0.926. The average Bonchev–Trinajstić information content (AvgIpc) is 3.76. The number of aliphatic hydroxyl groups is 1. The van der Waals surface area contributed by atoms with E-state index in [9.17, 15) is 27.1 Å². The van der Waals surface area contributed by atoms with Crippen LogP contribution in [-0.4, -0.2) is 80.6 Å². The van der Waals surface area contributed by atoms with E-state index in [1.54, 1.807) is 25.8 Å². The summed E-state index contributed by atoms with van der Waals surface area (Å²) in [6.07, 6.45) is 0.972. The lowest BCUT2D eigenvalue weighted by atomic mass is 10.1. The van der Waals surface area contributed by atoms with Gasteiger partial charge in [0.05, 0.1) is 30.5 Å². The number of hydrogen-bond acceptors (Lipinski definition) is 10. The van der Waals surface area contributed by atoms with Crippen LogP contribution < -0.4 is 24.6 Å². The molecule has 1 saturated carbocycles. The Hall–Kier alpha value is -3.84. The molecule has 4 rings (SSSR count). The average molecular weight is 691 g/mol. The summed E-state index contributed by atoms with van der Waals surface area (Å²) in [7, 11) is -0.688. The molecule has 2 heterocycles. The van der Waals surface area contributed by atoms with Crippen molar-refractivity contribution in [3.63, 3.8) is 0 Å². The van der Waals surface area contributed by atoms with Crippen molar-refractivity contribution in [2.24, 2.45) is 5.92 Å². The fourth-order valence-corrected chi connectivity index (χ4v) is 6.15. The first-order valence-electron chi connectivity index (χ1n) is 15.1. The van der Waals surface area contributed by atoms with Crippen LogP contribution >= 0.6 is 11.3 Å². The Balaban J connectivity index is 1.60. The highest BCUT2D eigenvalue weighted by Gasteiger charge is 2.28. The number of halogens is 2. The molecule has 11 nitrogen and oxygen atoms in total. The van der Waals surface area contributed by atoms with E-state index in [2.05, 4.69) is 32.4 Å². The molecule has 1 aliphatic carbocycles. The van der Waals surface area contributed by atoms with E-state index in [0.717, 1.165) is 40.0 Å². The molecule has 1 aromatic carbocycles. The predicted octanol–water partition coefficient (Wildman–Crippen LogP) is 3.48. The van der Waals surface area contributed by atoms with Crippen molar-refractivity contribution in [1.29, 1.82) is 0 Å². The number of ether oxygens (including phenoxy) is 1. The summed E-state index contributed by atoms with van der Waals surface area (Å²) in [5.74, 6) is 4.41. The lowest BCUT2D eigenvalue weighted by Gasteiger charge is -2.26. The topological polar surface area (TPSA) is 137 Å². The molecular weight excluding hydrogens is 651 g/mol. The maximum absolute atomic E-state index is 13.8. The number of nitrogens with zero attached hydrogens (tertiary/aromatic N) is 4. The Morgan fingerprint density at radius 1 is 1.13 bits per heavy atom. The quantitative estimate of drug-likeness (QED) is 0.162. The van der Waals surface area contributed by atoms with Gasteiger partial charge in [0.2, 0.25) is 10.0 Å². The SMILES string of the molecule is Cc1csc(CN(C)c2cc(C(=O)NC(COc3cc(F)cc(F)c3)C(O)CNCC#CC3CC3)cc(N(C)S(=O)(=O)C(C)C)n2)n1. The molecule has 3 aromatic rings. The molecule has 1 amide bonds. The summed E-state index contributed by atoms with van der Waals surface area (Å²) >= 11 is 1.46. The van der Waals surface area contributed by atoms with Crippen molar-refractivity contribution < 1.29 is 31.8 Å². The Morgan fingerprint density at radius 2 is 1.81 bits per heavy atom. The Morgan fingerprint density at radius 3 is 2.43 bits per heavy atom. The van der Waals surface area contributed by atoms with Gasteiger partial charge in [-0.1, -0.05) is 11.8 Å². The fraction of sp³-hybridized carbons (Fsp3) is 0.469. The zero-order chi connectivity index (χ0) is 34.3. The van der Waals surface area contributed by atoms with Gasteiger partial charge in [-0.15, -0.1) is 11.3 Å². The lowest BCUT2D eigenvalue weighted by Crippen LogP contribution is -2.50. The summed E-state index contributed by atoms with van der Waals surface area (Å²) in [4.78, 5) is 24.5. The lowest BCUT2D eigenvalue weighted by molar-refractivity contribution is 0.0737. The molecule has 1 fully saturated rings. The summed E-state index contributed by atoms with van der Waals surface area (Å²) in [5, 5.41) is 18.8. The van der Waals surface area contributed by atoms with Gasteiger partial charge in [0.15, 0.2) is 0 Å². The molecule has 2 unspecified atom stereocenters. The molecule has 1 aliphatic rings. The minimum absolute atomic E-state index is 0.0167. The highest BCUT2D eigenvalue weighted by molar-refractivity contribution is 7.93. The molecule has 3 N–H and O–H groups in total. The van der Waals surface area contributed by atoms with Crippen LogP contribution in [0.25, 0.3) is 0 Å². The van der Waals surface area contributed by atoms with E-state index in [0.29, 0.717) is 30.9 Å². The summed E-state index contributed by atoms with van der Waals surface area (Å²) in [6.45, 7) is 5.34. The second kappa shape index (κ2) is 15.8. The van der Waals surface area contributed by atoms with Gasteiger partial charge in [0.25, 0.3) is 5.91 Å². The molecule has 2 atom stereocenters. The number of carbonyl (C=O) groups is 1. The van der Waals surface area contributed by atoms with Crippen LogP contribution in [0.3, 0.4) is 0 Å². The third kappa shape index (κ3) is 10.3. The number of nitrogens with one attached hydrogen (secondary N) is 2. The fourth-order valence-electron chi connectivity index (χ4n) is 4.34. The molecule has 15 heteroatoms. The highest BCUT2D eigenvalue weighted by Crippen LogP contribution is 2.27. The first-order chi connectivity index (χ1) is 22.2. The van der Waals surface area contributed by atoms with Gasteiger partial charge in [-0.25, -0.2) is 27.2 Å². The van der Waals surface area contributed by atoms with E-state index in [-0.39, 0.29) is 30.3 Å². The number of aryl methyl sites for hydroxylation is 1. The maximum atomic E-state index is 13.8.